The third-order valence-corrected chi connectivity index (χ3v) is 0.444. The summed E-state index contributed by atoms with van der Waals surface area (Å²) in [5.74, 6) is 14.3. The van der Waals surface area contributed by atoms with Crippen LogP contribution in [0.25, 0.3) is 0 Å². The first-order valence-corrected chi connectivity index (χ1v) is 2.27. The van der Waals surface area contributed by atoms with Crippen LogP contribution < -0.4 is 0 Å². The van der Waals surface area contributed by atoms with E-state index >= 15 is 0 Å². The van der Waals surface area contributed by atoms with Crippen LogP contribution in [0.1, 0.15) is 6.92 Å². The van der Waals surface area contributed by atoms with E-state index in [-0.39, 0.29) is 0 Å². The van der Waals surface area contributed by atoms with Crippen LogP contribution in [-0.2, 0) is 4.79 Å². The first kappa shape index (κ1) is 7.35. The molecule has 0 radical (unpaired) electrons. The molecule has 1 nitrogen and oxygen atoms in total. The fourth-order valence-electron chi connectivity index (χ4n) is 0.191. The zero-order valence-corrected chi connectivity index (χ0v) is 4.99. The largest absolute Gasteiger partial charge is 0.289 e. The number of rotatable bonds is 0. The topological polar surface area (TPSA) is 17.1 Å². The third kappa shape index (κ3) is 6.35. The fraction of sp³-hybridized carbons (Fsp3) is 0.125. The van der Waals surface area contributed by atoms with Gasteiger partial charge in [-0.2, -0.15) is 0 Å². The lowest BCUT2D eigenvalue weighted by Gasteiger charge is -1.52. The molecular weight excluding hydrogens is 112 g/mol. The van der Waals surface area contributed by atoms with Crippen molar-refractivity contribution in [2.45, 2.75) is 6.92 Å². The van der Waals surface area contributed by atoms with E-state index in [9.17, 15) is 4.79 Å². The van der Waals surface area contributed by atoms with E-state index in [1.807, 2.05) is 0 Å². The van der Waals surface area contributed by atoms with Gasteiger partial charge in [0.25, 0.3) is 0 Å². The summed E-state index contributed by atoms with van der Waals surface area (Å²) < 4.78 is 0. The van der Waals surface area contributed by atoms with E-state index in [0.717, 1.165) is 0 Å². The third-order valence-electron chi connectivity index (χ3n) is 0.444. The Hall–Kier alpha value is -1.65. The average molecular weight is 116 g/mol. The molecule has 0 unspecified atom stereocenters. The smallest absolute Gasteiger partial charge is 0.193 e. The fourth-order valence-corrected chi connectivity index (χ4v) is 0.191. The second-order valence-electron chi connectivity index (χ2n) is 1.01. The van der Waals surface area contributed by atoms with E-state index in [1.54, 1.807) is 6.92 Å². The van der Waals surface area contributed by atoms with Gasteiger partial charge in [0.1, 0.15) is 0 Å². The summed E-state index contributed by atoms with van der Waals surface area (Å²) >= 11 is 0. The summed E-state index contributed by atoms with van der Waals surface area (Å²) in [4.78, 5) is 9.56. The SMILES string of the molecule is CC#CC#CC#CC=O. The normalized spacial score (nSPS) is 4.11. The van der Waals surface area contributed by atoms with Gasteiger partial charge < -0.3 is 0 Å². The Balaban J connectivity index is 3.85. The first-order chi connectivity index (χ1) is 4.41. The summed E-state index contributed by atoms with van der Waals surface area (Å²) in [6, 6.07) is 0. The van der Waals surface area contributed by atoms with Crippen molar-refractivity contribution in [3.8, 4) is 35.5 Å². The van der Waals surface area contributed by atoms with Gasteiger partial charge in [0, 0.05) is 0 Å². The summed E-state index contributed by atoms with van der Waals surface area (Å²) in [5, 5.41) is 0. The Morgan fingerprint density at radius 2 is 1.78 bits per heavy atom. The molecule has 0 amide bonds. The Morgan fingerprint density at radius 3 is 2.33 bits per heavy atom. The lowest BCUT2D eigenvalue weighted by Crippen LogP contribution is -1.56. The molecular formula is C8H4O. The summed E-state index contributed by atoms with van der Waals surface area (Å²) in [6.45, 7) is 1.68. The molecule has 0 aliphatic heterocycles. The van der Waals surface area contributed by atoms with Gasteiger partial charge in [0.05, 0.1) is 0 Å². The Morgan fingerprint density at radius 1 is 1.11 bits per heavy atom. The zero-order valence-electron chi connectivity index (χ0n) is 4.99. The molecule has 9 heavy (non-hydrogen) atoms. The molecule has 0 atom stereocenters. The van der Waals surface area contributed by atoms with Crippen LogP contribution in [0.3, 0.4) is 0 Å². The summed E-state index contributed by atoms with van der Waals surface area (Å²) in [5.41, 5.74) is 0. The summed E-state index contributed by atoms with van der Waals surface area (Å²) in [6.07, 6.45) is 0.494. The molecule has 0 heterocycles. The van der Waals surface area contributed by atoms with Gasteiger partial charge in [-0.25, -0.2) is 0 Å². The number of hydrogen-bond acceptors (Lipinski definition) is 1. The van der Waals surface area contributed by atoms with Gasteiger partial charge in [0.2, 0.25) is 0 Å². The Labute approximate surface area is 54.5 Å². The van der Waals surface area contributed by atoms with Crippen LogP contribution in [0.2, 0.25) is 0 Å². The van der Waals surface area contributed by atoms with Gasteiger partial charge in [0.15, 0.2) is 6.29 Å². The predicted octanol–water partition coefficient (Wildman–Crippen LogP) is 0.215. The van der Waals surface area contributed by atoms with Crippen molar-refractivity contribution in [3.63, 3.8) is 0 Å². The second-order valence-corrected chi connectivity index (χ2v) is 1.01. The van der Waals surface area contributed by atoms with E-state index < -0.39 is 0 Å². The molecule has 0 bridgehead atoms. The minimum atomic E-state index is 0.494. The van der Waals surface area contributed by atoms with Gasteiger partial charge in [-0.3, -0.25) is 4.79 Å². The van der Waals surface area contributed by atoms with Crippen LogP contribution in [0.5, 0.6) is 0 Å². The second kappa shape index (κ2) is 6.35. The molecule has 0 saturated heterocycles. The van der Waals surface area contributed by atoms with Crippen LogP contribution in [0.4, 0.5) is 0 Å². The molecule has 42 valence electrons. The van der Waals surface area contributed by atoms with Crippen molar-refractivity contribution < 1.29 is 4.79 Å². The van der Waals surface area contributed by atoms with Crippen LogP contribution in [-0.4, -0.2) is 6.29 Å². The van der Waals surface area contributed by atoms with Crippen molar-refractivity contribution in [3.05, 3.63) is 0 Å². The molecule has 0 saturated carbocycles. The molecule has 1 heteroatoms. The first-order valence-electron chi connectivity index (χ1n) is 2.27. The van der Waals surface area contributed by atoms with Crippen LogP contribution >= 0.6 is 0 Å². The van der Waals surface area contributed by atoms with Crippen molar-refractivity contribution in [1.82, 2.24) is 0 Å². The number of hydrogen-bond donors (Lipinski definition) is 0. The van der Waals surface area contributed by atoms with Gasteiger partial charge in [-0.15, -0.1) is 0 Å². The van der Waals surface area contributed by atoms with Crippen molar-refractivity contribution in [2.75, 3.05) is 0 Å². The van der Waals surface area contributed by atoms with Crippen LogP contribution in [0.15, 0.2) is 0 Å². The highest BCUT2D eigenvalue weighted by molar-refractivity contribution is 5.73. The van der Waals surface area contributed by atoms with E-state index in [0.29, 0.717) is 6.29 Å². The lowest BCUT2D eigenvalue weighted by atomic mass is 10.5. The van der Waals surface area contributed by atoms with E-state index in [4.69, 9.17) is 0 Å². The molecule has 0 spiro atoms. The maximum absolute atomic E-state index is 9.56. The molecule has 0 rings (SSSR count). The van der Waals surface area contributed by atoms with Crippen molar-refractivity contribution in [1.29, 1.82) is 0 Å². The quantitative estimate of drug-likeness (QED) is 0.327. The molecule has 0 aromatic rings. The number of aldehydes is 1. The molecule has 0 aliphatic rings. The number of carbonyl (C=O) groups excluding carboxylic acids is 1. The minimum Gasteiger partial charge on any atom is -0.289 e. The highest BCUT2D eigenvalue weighted by Gasteiger charge is 1.53. The molecule has 0 aromatic carbocycles. The number of carbonyl (C=O) groups is 1. The van der Waals surface area contributed by atoms with Gasteiger partial charge in [-0.05, 0) is 36.5 Å². The monoisotopic (exact) mass is 116 g/mol. The standard InChI is InChI=1S/C8H4O/c1-2-3-4-5-6-7-8-9/h8H,1H3. The molecule has 0 N–H and O–H groups in total. The van der Waals surface area contributed by atoms with Crippen molar-refractivity contribution >= 4 is 6.29 Å². The highest BCUT2D eigenvalue weighted by atomic mass is 16.1. The zero-order chi connectivity index (χ0) is 6.95. The maximum Gasteiger partial charge on any atom is 0.193 e. The average Bonchev–Trinajstić information content (AvgIpc) is 1.89. The molecule has 0 aromatic heterocycles. The lowest BCUT2D eigenvalue weighted by molar-refractivity contribution is -0.103. The predicted molar refractivity (Wildman–Crippen MR) is 35.1 cm³/mol. The van der Waals surface area contributed by atoms with E-state index in [1.165, 1.54) is 0 Å². The molecule has 0 fully saturated rings. The van der Waals surface area contributed by atoms with Crippen LogP contribution in [0, 0.1) is 35.5 Å². The van der Waals surface area contributed by atoms with Gasteiger partial charge >= 0.3 is 0 Å². The maximum atomic E-state index is 9.56. The Bertz CT molecular complexity index is 254. The molecule has 0 aliphatic carbocycles. The van der Waals surface area contributed by atoms with Crippen molar-refractivity contribution in [2.24, 2.45) is 0 Å². The summed E-state index contributed by atoms with van der Waals surface area (Å²) in [7, 11) is 0. The highest BCUT2D eigenvalue weighted by Crippen LogP contribution is 1.51. The van der Waals surface area contributed by atoms with E-state index in [2.05, 4.69) is 35.5 Å². The van der Waals surface area contributed by atoms with Gasteiger partial charge in [-0.1, -0.05) is 5.92 Å². The Kier molecular flexibility index (Phi) is 5.19. The minimum absolute atomic E-state index is 0.494.